The van der Waals surface area contributed by atoms with Crippen LogP contribution in [0.15, 0.2) is 42.5 Å². The second kappa shape index (κ2) is 5.08. The van der Waals surface area contributed by atoms with Crippen molar-refractivity contribution >= 4 is 5.69 Å². The topological polar surface area (TPSA) is 35.2 Å². The van der Waals surface area contributed by atoms with Gasteiger partial charge in [0.05, 0.1) is 11.8 Å². The summed E-state index contributed by atoms with van der Waals surface area (Å²) < 4.78 is 19.2. The molecule has 0 bridgehead atoms. The highest BCUT2D eigenvalue weighted by molar-refractivity contribution is 5.80. The second-order valence-electron chi connectivity index (χ2n) is 4.36. The molecule has 0 saturated heterocycles. The van der Waals surface area contributed by atoms with Gasteiger partial charge in [0, 0.05) is 11.1 Å². The molecule has 2 N–H and O–H groups in total. The predicted octanol–water partition coefficient (Wildman–Crippen LogP) is 3.86. The molecule has 0 saturated carbocycles. The Kier molecular flexibility index (Phi) is 3.51. The van der Waals surface area contributed by atoms with E-state index < -0.39 is 5.82 Å². The minimum Gasteiger partial charge on any atom is -0.490 e. The summed E-state index contributed by atoms with van der Waals surface area (Å²) in [6, 6.07) is 12.3. The smallest absolute Gasteiger partial charge is 0.146 e. The number of halogens is 1. The van der Waals surface area contributed by atoms with Crippen LogP contribution in [0.2, 0.25) is 0 Å². The zero-order chi connectivity index (χ0) is 13.1. The molecule has 3 heteroatoms. The first kappa shape index (κ1) is 12.4. The number of hydrogen-bond acceptors (Lipinski definition) is 2. The first-order valence-corrected chi connectivity index (χ1v) is 5.89. The highest BCUT2D eigenvalue weighted by Gasteiger charge is 2.12. The monoisotopic (exact) mass is 245 g/mol. The van der Waals surface area contributed by atoms with Crippen LogP contribution in [0.25, 0.3) is 11.1 Å². The highest BCUT2D eigenvalue weighted by atomic mass is 19.1. The fraction of sp³-hybridized carbons (Fsp3) is 0.200. The van der Waals surface area contributed by atoms with E-state index in [0.717, 1.165) is 5.56 Å². The Hall–Kier alpha value is -2.03. The normalized spacial score (nSPS) is 10.7. The molecule has 0 aliphatic rings. The van der Waals surface area contributed by atoms with E-state index in [0.29, 0.717) is 11.3 Å². The van der Waals surface area contributed by atoms with Gasteiger partial charge in [-0.3, -0.25) is 0 Å². The van der Waals surface area contributed by atoms with E-state index in [1.54, 1.807) is 12.1 Å². The second-order valence-corrected chi connectivity index (χ2v) is 4.36. The Bertz CT molecular complexity index is 552. The molecule has 0 heterocycles. The summed E-state index contributed by atoms with van der Waals surface area (Å²) in [7, 11) is 0. The van der Waals surface area contributed by atoms with E-state index in [9.17, 15) is 4.39 Å². The third-order valence-electron chi connectivity index (χ3n) is 2.59. The van der Waals surface area contributed by atoms with E-state index in [1.807, 2.05) is 38.1 Å². The van der Waals surface area contributed by atoms with Crippen molar-refractivity contribution in [3.05, 3.63) is 48.3 Å². The number of hydrogen-bond donors (Lipinski definition) is 1. The van der Waals surface area contributed by atoms with E-state index in [1.165, 1.54) is 6.07 Å². The van der Waals surface area contributed by atoms with Gasteiger partial charge < -0.3 is 10.5 Å². The third-order valence-corrected chi connectivity index (χ3v) is 2.59. The number of anilines is 1. The summed E-state index contributed by atoms with van der Waals surface area (Å²) in [5, 5.41) is 0. The number of ether oxygens (including phenoxy) is 1. The van der Waals surface area contributed by atoms with Crippen LogP contribution in [0.4, 0.5) is 10.1 Å². The van der Waals surface area contributed by atoms with Crippen molar-refractivity contribution in [2.24, 2.45) is 0 Å². The maximum atomic E-state index is 13.5. The molecule has 0 spiro atoms. The van der Waals surface area contributed by atoms with Gasteiger partial charge >= 0.3 is 0 Å². The van der Waals surface area contributed by atoms with Gasteiger partial charge in [-0.05, 0) is 26.0 Å². The summed E-state index contributed by atoms with van der Waals surface area (Å²) in [6.07, 6.45) is 0.0564. The van der Waals surface area contributed by atoms with Crippen molar-refractivity contribution in [2.75, 3.05) is 5.73 Å². The Balaban J connectivity index is 2.53. The lowest BCUT2D eigenvalue weighted by Crippen LogP contribution is -2.06. The molecule has 94 valence electrons. The number of benzene rings is 2. The molecular weight excluding hydrogens is 229 g/mol. The Morgan fingerprint density at radius 1 is 1.00 bits per heavy atom. The van der Waals surface area contributed by atoms with Crippen molar-refractivity contribution in [1.82, 2.24) is 0 Å². The van der Waals surface area contributed by atoms with Crippen molar-refractivity contribution in [3.8, 4) is 16.9 Å². The molecule has 2 nitrogen and oxygen atoms in total. The van der Waals surface area contributed by atoms with Crippen LogP contribution in [0.5, 0.6) is 5.75 Å². The summed E-state index contributed by atoms with van der Waals surface area (Å²) in [5.41, 5.74) is 7.40. The molecule has 0 atom stereocenters. The zero-order valence-electron chi connectivity index (χ0n) is 10.5. The molecule has 0 aliphatic carbocycles. The summed E-state index contributed by atoms with van der Waals surface area (Å²) in [6.45, 7) is 3.90. The van der Waals surface area contributed by atoms with Crippen LogP contribution < -0.4 is 10.5 Å². The van der Waals surface area contributed by atoms with Gasteiger partial charge in [-0.15, -0.1) is 0 Å². The fourth-order valence-electron chi connectivity index (χ4n) is 1.82. The van der Waals surface area contributed by atoms with E-state index in [-0.39, 0.29) is 11.8 Å². The van der Waals surface area contributed by atoms with Crippen LogP contribution in [0.1, 0.15) is 13.8 Å². The van der Waals surface area contributed by atoms with Gasteiger partial charge in [-0.25, -0.2) is 4.39 Å². The maximum absolute atomic E-state index is 13.5. The molecule has 0 radical (unpaired) electrons. The van der Waals surface area contributed by atoms with Crippen LogP contribution in [0, 0.1) is 5.82 Å². The zero-order valence-corrected chi connectivity index (χ0v) is 10.5. The van der Waals surface area contributed by atoms with Gasteiger partial charge in [0.25, 0.3) is 0 Å². The minimum atomic E-state index is -0.410. The van der Waals surface area contributed by atoms with Gasteiger partial charge in [-0.2, -0.15) is 0 Å². The number of nitrogen functional groups attached to an aromatic ring is 1. The molecule has 0 amide bonds. The van der Waals surface area contributed by atoms with Crippen LogP contribution in [-0.4, -0.2) is 6.10 Å². The number of para-hydroxylation sites is 2. The predicted molar refractivity (Wildman–Crippen MR) is 72.0 cm³/mol. The minimum absolute atomic E-state index is 0.0564. The summed E-state index contributed by atoms with van der Waals surface area (Å²) in [5.74, 6) is 0.302. The quantitative estimate of drug-likeness (QED) is 0.833. The SMILES string of the molecule is CC(C)Oc1ccccc1-c1cccc(F)c1N. The van der Waals surface area contributed by atoms with Gasteiger partial charge in [0.1, 0.15) is 11.6 Å². The van der Waals surface area contributed by atoms with E-state index in [2.05, 4.69) is 0 Å². The van der Waals surface area contributed by atoms with Gasteiger partial charge in [0.15, 0.2) is 0 Å². The molecule has 2 aromatic rings. The van der Waals surface area contributed by atoms with Crippen molar-refractivity contribution in [2.45, 2.75) is 20.0 Å². The molecule has 0 unspecified atom stereocenters. The van der Waals surface area contributed by atoms with Crippen LogP contribution in [-0.2, 0) is 0 Å². The molecular formula is C15H16FNO. The van der Waals surface area contributed by atoms with Crippen molar-refractivity contribution in [3.63, 3.8) is 0 Å². The fourth-order valence-corrected chi connectivity index (χ4v) is 1.82. The Morgan fingerprint density at radius 2 is 1.67 bits per heavy atom. The van der Waals surface area contributed by atoms with E-state index in [4.69, 9.17) is 10.5 Å². The Labute approximate surface area is 106 Å². The maximum Gasteiger partial charge on any atom is 0.146 e. The van der Waals surface area contributed by atoms with Crippen LogP contribution in [0.3, 0.4) is 0 Å². The molecule has 0 aromatic heterocycles. The largest absolute Gasteiger partial charge is 0.490 e. The van der Waals surface area contributed by atoms with E-state index >= 15 is 0 Å². The van der Waals surface area contributed by atoms with Crippen molar-refractivity contribution in [1.29, 1.82) is 0 Å². The standard InChI is InChI=1S/C15H16FNO/c1-10(2)18-14-9-4-3-6-11(14)12-7-5-8-13(16)15(12)17/h3-10H,17H2,1-2H3. The van der Waals surface area contributed by atoms with Gasteiger partial charge in [0.2, 0.25) is 0 Å². The lowest BCUT2D eigenvalue weighted by atomic mass is 10.0. The average Bonchev–Trinajstić information content (AvgIpc) is 2.33. The van der Waals surface area contributed by atoms with Crippen LogP contribution >= 0.6 is 0 Å². The first-order chi connectivity index (χ1) is 8.59. The summed E-state index contributed by atoms with van der Waals surface area (Å²) >= 11 is 0. The molecule has 0 aliphatic heterocycles. The lowest BCUT2D eigenvalue weighted by molar-refractivity contribution is 0.243. The average molecular weight is 245 g/mol. The Morgan fingerprint density at radius 3 is 2.39 bits per heavy atom. The van der Waals surface area contributed by atoms with Crippen molar-refractivity contribution < 1.29 is 9.13 Å². The van der Waals surface area contributed by atoms with Gasteiger partial charge in [-0.1, -0.05) is 30.3 Å². The first-order valence-electron chi connectivity index (χ1n) is 5.89. The number of nitrogens with two attached hydrogens (primary N) is 1. The summed E-state index contributed by atoms with van der Waals surface area (Å²) in [4.78, 5) is 0. The molecule has 18 heavy (non-hydrogen) atoms. The molecule has 0 fully saturated rings. The number of rotatable bonds is 3. The lowest BCUT2D eigenvalue weighted by Gasteiger charge is -2.15. The molecule has 2 aromatic carbocycles. The molecule has 2 rings (SSSR count). The third kappa shape index (κ3) is 2.45. The highest BCUT2D eigenvalue weighted by Crippen LogP contribution is 2.35.